The van der Waals surface area contributed by atoms with Crippen molar-refractivity contribution in [2.45, 2.75) is 13.1 Å². The lowest BCUT2D eigenvalue weighted by Crippen LogP contribution is -2.19. The Morgan fingerprint density at radius 2 is 1.53 bits per heavy atom. The zero-order valence-electron chi connectivity index (χ0n) is 17.3. The Hall–Kier alpha value is -4.03. The van der Waals surface area contributed by atoms with Crippen molar-refractivity contribution in [3.05, 3.63) is 90.0 Å². The van der Waals surface area contributed by atoms with Gasteiger partial charge in [0.1, 0.15) is 12.4 Å². The second kappa shape index (κ2) is 8.24. The van der Waals surface area contributed by atoms with Crippen molar-refractivity contribution in [3.63, 3.8) is 0 Å². The largest absolute Gasteiger partial charge is 0.488 e. The molecule has 1 heterocycles. The fraction of sp³-hybridized carbons (Fsp3) is 0.115. The Morgan fingerprint density at radius 1 is 0.906 bits per heavy atom. The van der Waals surface area contributed by atoms with E-state index in [0.717, 1.165) is 16.5 Å². The molecule has 1 aliphatic heterocycles. The summed E-state index contributed by atoms with van der Waals surface area (Å²) in [5.74, 6) is 0.407. The molecule has 6 nitrogen and oxygen atoms in total. The van der Waals surface area contributed by atoms with Crippen molar-refractivity contribution in [2.75, 3.05) is 7.11 Å². The number of aromatic carboxylic acids is 1. The highest BCUT2D eigenvalue weighted by molar-refractivity contribution is 6.10. The third kappa shape index (κ3) is 3.61. The van der Waals surface area contributed by atoms with Crippen molar-refractivity contribution in [3.8, 4) is 28.4 Å². The van der Waals surface area contributed by atoms with Crippen LogP contribution in [-0.4, -0.2) is 24.7 Å². The standard InChI is InChI=1S/C26H20O6/c1-29-26-31-22-12-18-19(13-23(22)32-26)24(17-10-6-3-7-11-17)20(25(27)28)14-21(18)30-15-16-8-4-2-5-9-16/h2-14,26H,15H2,1H3,(H,27,28). The predicted molar refractivity (Wildman–Crippen MR) is 119 cm³/mol. The summed E-state index contributed by atoms with van der Waals surface area (Å²) >= 11 is 0. The van der Waals surface area contributed by atoms with Gasteiger partial charge in [-0.1, -0.05) is 60.7 Å². The molecule has 0 fully saturated rings. The highest BCUT2D eigenvalue weighted by atomic mass is 16.9. The first-order valence-electron chi connectivity index (χ1n) is 10.1. The Balaban J connectivity index is 1.72. The van der Waals surface area contributed by atoms with Gasteiger partial charge in [-0.25, -0.2) is 4.79 Å². The van der Waals surface area contributed by atoms with Crippen molar-refractivity contribution in [2.24, 2.45) is 0 Å². The molecule has 4 aromatic rings. The van der Waals surface area contributed by atoms with Crippen molar-refractivity contribution in [1.29, 1.82) is 0 Å². The lowest BCUT2D eigenvalue weighted by molar-refractivity contribution is -0.157. The van der Waals surface area contributed by atoms with E-state index in [-0.39, 0.29) is 5.56 Å². The maximum Gasteiger partial charge on any atom is 0.360 e. The average Bonchev–Trinajstić information content (AvgIpc) is 3.24. The molecule has 0 aromatic heterocycles. The van der Waals surface area contributed by atoms with Gasteiger partial charge in [0.2, 0.25) is 0 Å². The Morgan fingerprint density at radius 3 is 2.16 bits per heavy atom. The molecule has 0 amide bonds. The van der Waals surface area contributed by atoms with Gasteiger partial charge in [0.25, 0.3) is 0 Å². The number of fused-ring (bicyclic) bond motifs is 2. The van der Waals surface area contributed by atoms with Crippen LogP contribution in [-0.2, 0) is 11.3 Å². The molecule has 4 aromatic carbocycles. The summed E-state index contributed by atoms with van der Waals surface area (Å²) in [6.07, 6.45) is 0. The van der Waals surface area contributed by atoms with E-state index >= 15 is 0 Å². The van der Waals surface area contributed by atoms with Gasteiger partial charge in [-0.05, 0) is 34.7 Å². The summed E-state index contributed by atoms with van der Waals surface area (Å²) in [6, 6.07) is 24.3. The number of carboxylic acid groups (broad SMARTS) is 1. The number of hydrogen-bond acceptors (Lipinski definition) is 5. The lowest BCUT2D eigenvalue weighted by atomic mass is 9.92. The van der Waals surface area contributed by atoms with E-state index in [9.17, 15) is 9.90 Å². The summed E-state index contributed by atoms with van der Waals surface area (Å²) in [5, 5.41) is 11.5. The van der Waals surface area contributed by atoms with Crippen molar-refractivity contribution in [1.82, 2.24) is 0 Å². The minimum absolute atomic E-state index is 0.147. The SMILES string of the molecule is COC1Oc2cc3c(OCc4ccccc4)cc(C(=O)O)c(-c4ccccc4)c3cc2O1. The third-order valence-corrected chi connectivity index (χ3v) is 5.33. The van der Waals surface area contributed by atoms with Gasteiger partial charge >= 0.3 is 12.4 Å². The van der Waals surface area contributed by atoms with Gasteiger partial charge in [0.15, 0.2) is 11.5 Å². The van der Waals surface area contributed by atoms with E-state index in [2.05, 4.69) is 0 Å². The fourth-order valence-electron chi connectivity index (χ4n) is 3.85. The third-order valence-electron chi connectivity index (χ3n) is 5.33. The fourth-order valence-corrected chi connectivity index (χ4v) is 3.85. The van der Waals surface area contributed by atoms with Gasteiger partial charge in [-0.3, -0.25) is 0 Å². The van der Waals surface area contributed by atoms with Gasteiger partial charge in [-0.2, -0.15) is 0 Å². The van der Waals surface area contributed by atoms with Gasteiger partial charge < -0.3 is 24.1 Å². The molecule has 1 aliphatic rings. The van der Waals surface area contributed by atoms with Crippen LogP contribution in [0.2, 0.25) is 0 Å². The highest BCUT2D eigenvalue weighted by Crippen LogP contribution is 2.45. The number of benzene rings is 4. The maximum absolute atomic E-state index is 12.3. The monoisotopic (exact) mass is 428 g/mol. The molecule has 0 saturated carbocycles. The molecule has 32 heavy (non-hydrogen) atoms. The predicted octanol–water partition coefficient (Wildman–Crippen LogP) is 5.49. The Kier molecular flexibility index (Phi) is 5.13. The van der Waals surface area contributed by atoms with Crippen LogP contribution >= 0.6 is 0 Å². The Bertz CT molecular complexity index is 1280. The molecule has 0 aliphatic carbocycles. The molecule has 1 atom stereocenters. The second-order valence-electron chi connectivity index (χ2n) is 7.35. The van der Waals surface area contributed by atoms with Crippen LogP contribution in [0.5, 0.6) is 17.2 Å². The van der Waals surface area contributed by atoms with E-state index in [1.54, 1.807) is 12.1 Å². The molecule has 6 heteroatoms. The minimum atomic E-state index is -1.04. The first-order valence-corrected chi connectivity index (χ1v) is 10.1. The van der Waals surface area contributed by atoms with Crippen LogP contribution in [0.1, 0.15) is 15.9 Å². The smallest absolute Gasteiger partial charge is 0.360 e. The topological polar surface area (TPSA) is 74.2 Å². The quantitative estimate of drug-likeness (QED) is 0.438. The zero-order valence-corrected chi connectivity index (χ0v) is 17.3. The summed E-state index contributed by atoms with van der Waals surface area (Å²) in [5.41, 5.74) is 2.50. The number of methoxy groups -OCH3 is 1. The van der Waals surface area contributed by atoms with Crippen molar-refractivity contribution >= 4 is 16.7 Å². The number of rotatable bonds is 6. The highest BCUT2D eigenvalue weighted by Gasteiger charge is 2.28. The van der Waals surface area contributed by atoms with Crippen LogP contribution in [0.4, 0.5) is 0 Å². The van der Waals surface area contributed by atoms with E-state index in [0.29, 0.717) is 34.8 Å². The van der Waals surface area contributed by atoms with Crippen LogP contribution in [0.15, 0.2) is 78.9 Å². The number of carboxylic acids is 1. The molecule has 1 unspecified atom stereocenters. The van der Waals surface area contributed by atoms with Gasteiger partial charge in [0, 0.05) is 18.1 Å². The first-order chi connectivity index (χ1) is 15.6. The maximum atomic E-state index is 12.3. The van der Waals surface area contributed by atoms with Gasteiger partial charge in [-0.15, -0.1) is 0 Å². The number of hydrogen-bond donors (Lipinski definition) is 1. The van der Waals surface area contributed by atoms with Crippen LogP contribution < -0.4 is 14.2 Å². The second-order valence-corrected chi connectivity index (χ2v) is 7.35. The summed E-state index contributed by atoms with van der Waals surface area (Å²) in [6.45, 7) is -0.552. The first kappa shape index (κ1) is 19.9. The molecule has 0 spiro atoms. The molecule has 160 valence electrons. The van der Waals surface area contributed by atoms with E-state index in [1.807, 2.05) is 66.7 Å². The van der Waals surface area contributed by atoms with Crippen LogP contribution in [0.25, 0.3) is 21.9 Å². The van der Waals surface area contributed by atoms with Crippen LogP contribution in [0, 0.1) is 0 Å². The molecule has 0 bridgehead atoms. The van der Waals surface area contributed by atoms with E-state index in [4.69, 9.17) is 18.9 Å². The summed E-state index contributed by atoms with van der Waals surface area (Å²) in [7, 11) is 1.49. The molecule has 1 N–H and O–H groups in total. The molecule has 0 saturated heterocycles. The zero-order chi connectivity index (χ0) is 22.1. The van der Waals surface area contributed by atoms with Crippen molar-refractivity contribution < 1.29 is 28.8 Å². The molecule has 0 radical (unpaired) electrons. The molecular weight excluding hydrogens is 408 g/mol. The minimum Gasteiger partial charge on any atom is -0.488 e. The summed E-state index contributed by atoms with van der Waals surface area (Å²) in [4.78, 5) is 12.3. The Labute approximate surface area is 184 Å². The molecular formula is C26H20O6. The lowest BCUT2D eigenvalue weighted by Gasteiger charge is -2.16. The normalized spacial score (nSPS) is 14.5. The average molecular weight is 428 g/mol. The van der Waals surface area contributed by atoms with Crippen LogP contribution in [0.3, 0.4) is 0 Å². The van der Waals surface area contributed by atoms with E-state index in [1.165, 1.54) is 7.11 Å². The molecule has 5 rings (SSSR count). The van der Waals surface area contributed by atoms with Gasteiger partial charge in [0.05, 0.1) is 5.56 Å². The van der Waals surface area contributed by atoms with E-state index < -0.39 is 12.4 Å². The number of carbonyl (C=O) groups is 1. The summed E-state index contributed by atoms with van der Waals surface area (Å²) < 4.78 is 22.7. The number of ether oxygens (including phenoxy) is 4.